The molecule has 20 heavy (non-hydrogen) atoms. The van der Waals surface area contributed by atoms with Crippen molar-refractivity contribution in [1.82, 2.24) is 10.5 Å². The lowest BCUT2D eigenvalue weighted by Crippen LogP contribution is -2.32. The number of amides is 2. The van der Waals surface area contributed by atoms with Crippen molar-refractivity contribution in [1.29, 1.82) is 0 Å². The van der Waals surface area contributed by atoms with Crippen LogP contribution in [0.2, 0.25) is 0 Å². The number of aryl methyl sites for hydroxylation is 1. The summed E-state index contributed by atoms with van der Waals surface area (Å²) in [5.41, 5.74) is 0.476. The smallest absolute Gasteiger partial charge is 0.251 e. The highest BCUT2D eigenvalue weighted by Crippen LogP contribution is 2.11. The standard InChI is InChI=1S/C13H12BrN3O3/c1-8-5-11(17-20-8)16-12(18)7-15-13(19)9-3-2-4-10(14)6-9/h2-6H,7H2,1H3,(H,15,19)(H,16,17,18). The zero-order valence-electron chi connectivity index (χ0n) is 10.6. The molecule has 2 aromatic rings. The molecule has 104 valence electrons. The quantitative estimate of drug-likeness (QED) is 0.894. The zero-order valence-corrected chi connectivity index (χ0v) is 12.2. The maximum Gasteiger partial charge on any atom is 0.251 e. The molecule has 0 unspecified atom stereocenters. The van der Waals surface area contributed by atoms with E-state index in [-0.39, 0.29) is 18.4 Å². The molecule has 0 aliphatic carbocycles. The molecule has 6 nitrogen and oxygen atoms in total. The molecule has 0 spiro atoms. The Morgan fingerprint density at radius 3 is 2.80 bits per heavy atom. The number of hydrogen-bond acceptors (Lipinski definition) is 4. The van der Waals surface area contributed by atoms with E-state index in [0.717, 1.165) is 4.47 Å². The van der Waals surface area contributed by atoms with Crippen molar-refractivity contribution in [2.45, 2.75) is 6.92 Å². The third-order valence-electron chi connectivity index (χ3n) is 2.39. The minimum atomic E-state index is -0.373. The van der Waals surface area contributed by atoms with Crippen LogP contribution in [0.1, 0.15) is 16.1 Å². The van der Waals surface area contributed by atoms with Gasteiger partial charge in [0.25, 0.3) is 5.91 Å². The van der Waals surface area contributed by atoms with E-state index in [9.17, 15) is 9.59 Å². The third-order valence-corrected chi connectivity index (χ3v) is 2.89. The van der Waals surface area contributed by atoms with E-state index in [2.05, 4.69) is 31.7 Å². The van der Waals surface area contributed by atoms with E-state index in [4.69, 9.17) is 4.52 Å². The molecule has 0 atom stereocenters. The first-order valence-electron chi connectivity index (χ1n) is 5.81. The molecule has 0 saturated carbocycles. The second-order valence-electron chi connectivity index (χ2n) is 4.06. The van der Waals surface area contributed by atoms with Crippen molar-refractivity contribution in [3.05, 3.63) is 46.1 Å². The Labute approximate surface area is 123 Å². The summed E-state index contributed by atoms with van der Waals surface area (Å²) in [5.74, 6) is 0.224. The molecule has 0 fully saturated rings. The first-order valence-corrected chi connectivity index (χ1v) is 6.61. The maximum absolute atomic E-state index is 11.8. The number of rotatable bonds is 4. The average Bonchev–Trinajstić information content (AvgIpc) is 2.81. The summed E-state index contributed by atoms with van der Waals surface area (Å²) >= 11 is 3.28. The van der Waals surface area contributed by atoms with Crippen LogP contribution in [0.15, 0.2) is 39.3 Å². The average molecular weight is 338 g/mol. The van der Waals surface area contributed by atoms with Crippen molar-refractivity contribution in [2.24, 2.45) is 0 Å². The van der Waals surface area contributed by atoms with Crippen LogP contribution in [0.25, 0.3) is 0 Å². The van der Waals surface area contributed by atoms with E-state index < -0.39 is 0 Å². The number of hydrogen-bond donors (Lipinski definition) is 2. The number of nitrogens with one attached hydrogen (secondary N) is 2. The lowest BCUT2D eigenvalue weighted by molar-refractivity contribution is -0.115. The fourth-order valence-electron chi connectivity index (χ4n) is 1.50. The minimum Gasteiger partial charge on any atom is -0.360 e. The van der Waals surface area contributed by atoms with Gasteiger partial charge in [-0.05, 0) is 25.1 Å². The molecule has 1 heterocycles. The van der Waals surface area contributed by atoms with Crippen molar-refractivity contribution in [3.8, 4) is 0 Å². The number of carbonyl (C=O) groups excluding carboxylic acids is 2. The summed E-state index contributed by atoms with van der Waals surface area (Å²) in [6.07, 6.45) is 0. The number of nitrogens with zero attached hydrogens (tertiary/aromatic N) is 1. The molecule has 2 amide bonds. The van der Waals surface area contributed by atoms with Gasteiger partial charge in [-0.1, -0.05) is 27.2 Å². The normalized spacial score (nSPS) is 10.1. The number of carbonyl (C=O) groups is 2. The summed E-state index contributed by atoms with van der Waals surface area (Å²) in [4.78, 5) is 23.4. The van der Waals surface area contributed by atoms with E-state index in [1.165, 1.54) is 0 Å². The van der Waals surface area contributed by atoms with Crippen LogP contribution in [-0.4, -0.2) is 23.5 Å². The van der Waals surface area contributed by atoms with Gasteiger partial charge >= 0.3 is 0 Å². The molecule has 2 rings (SSSR count). The molecule has 7 heteroatoms. The van der Waals surface area contributed by atoms with E-state index in [1.54, 1.807) is 31.2 Å². The Kier molecular flexibility index (Phi) is 4.52. The number of anilines is 1. The summed E-state index contributed by atoms with van der Waals surface area (Å²) in [5, 5.41) is 8.66. The van der Waals surface area contributed by atoms with Crippen LogP contribution in [0, 0.1) is 6.92 Å². The van der Waals surface area contributed by atoms with Crippen LogP contribution in [-0.2, 0) is 4.79 Å². The van der Waals surface area contributed by atoms with Crippen molar-refractivity contribution in [2.75, 3.05) is 11.9 Å². The minimum absolute atomic E-state index is 0.142. The molecule has 2 N–H and O–H groups in total. The first kappa shape index (κ1) is 14.3. The van der Waals surface area contributed by atoms with Gasteiger partial charge in [-0.3, -0.25) is 9.59 Å². The van der Waals surface area contributed by atoms with Gasteiger partial charge in [-0.15, -0.1) is 0 Å². The Balaban J connectivity index is 1.85. The van der Waals surface area contributed by atoms with Gasteiger partial charge in [-0.2, -0.15) is 0 Å². The highest BCUT2D eigenvalue weighted by atomic mass is 79.9. The Morgan fingerprint density at radius 2 is 2.15 bits per heavy atom. The van der Waals surface area contributed by atoms with Crippen molar-refractivity contribution < 1.29 is 14.1 Å². The molecule has 0 saturated heterocycles. The molecular formula is C13H12BrN3O3. The number of halogens is 1. The Morgan fingerprint density at radius 1 is 1.35 bits per heavy atom. The van der Waals surface area contributed by atoms with Gasteiger partial charge < -0.3 is 15.2 Å². The highest BCUT2D eigenvalue weighted by Gasteiger charge is 2.10. The number of benzene rings is 1. The second-order valence-corrected chi connectivity index (χ2v) is 4.98. The molecular weight excluding hydrogens is 326 g/mol. The van der Waals surface area contributed by atoms with Crippen LogP contribution >= 0.6 is 15.9 Å². The monoisotopic (exact) mass is 337 g/mol. The Bertz CT molecular complexity index is 639. The summed E-state index contributed by atoms with van der Waals surface area (Å²) < 4.78 is 5.61. The summed E-state index contributed by atoms with van der Waals surface area (Å²) in [6, 6.07) is 8.49. The lowest BCUT2D eigenvalue weighted by atomic mass is 10.2. The van der Waals surface area contributed by atoms with Crippen LogP contribution in [0.3, 0.4) is 0 Å². The van der Waals surface area contributed by atoms with E-state index >= 15 is 0 Å². The predicted octanol–water partition coefficient (Wildman–Crippen LogP) is 2.11. The fourth-order valence-corrected chi connectivity index (χ4v) is 1.90. The lowest BCUT2D eigenvalue weighted by Gasteiger charge is -2.05. The molecule has 1 aromatic heterocycles. The maximum atomic E-state index is 11.8. The highest BCUT2D eigenvalue weighted by molar-refractivity contribution is 9.10. The van der Waals surface area contributed by atoms with E-state index in [0.29, 0.717) is 17.1 Å². The zero-order chi connectivity index (χ0) is 14.5. The summed E-state index contributed by atoms with van der Waals surface area (Å²) in [7, 11) is 0. The first-order chi connectivity index (χ1) is 9.54. The molecule has 0 aliphatic rings. The van der Waals surface area contributed by atoms with Gasteiger partial charge in [-0.25, -0.2) is 0 Å². The van der Waals surface area contributed by atoms with Gasteiger partial charge in [0.2, 0.25) is 5.91 Å². The van der Waals surface area contributed by atoms with Gasteiger partial charge in [0.05, 0.1) is 6.54 Å². The second kappa shape index (κ2) is 6.33. The number of aromatic nitrogens is 1. The fraction of sp³-hybridized carbons (Fsp3) is 0.154. The molecule has 0 aliphatic heterocycles. The van der Waals surface area contributed by atoms with E-state index in [1.807, 2.05) is 6.07 Å². The van der Waals surface area contributed by atoms with Gasteiger partial charge in [0.1, 0.15) is 5.76 Å². The predicted molar refractivity (Wildman–Crippen MR) is 76.3 cm³/mol. The SMILES string of the molecule is Cc1cc(NC(=O)CNC(=O)c2cccc(Br)c2)no1. The van der Waals surface area contributed by atoms with Crippen molar-refractivity contribution >= 4 is 33.6 Å². The Hall–Kier alpha value is -2.15. The third kappa shape index (κ3) is 3.92. The molecule has 0 bridgehead atoms. The van der Waals surface area contributed by atoms with Crippen molar-refractivity contribution in [3.63, 3.8) is 0 Å². The summed E-state index contributed by atoms with van der Waals surface area (Å²) in [6.45, 7) is 1.58. The van der Waals surface area contributed by atoms with Crippen LogP contribution < -0.4 is 10.6 Å². The largest absolute Gasteiger partial charge is 0.360 e. The van der Waals surface area contributed by atoms with Gasteiger partial charge in [0, 0.05) is 16.1 Å². The molecule has 0 radical (unpaired) electrons. The molecule has 1 aromatic carbocycles. The topological polar surface area (TPSA) is 84.2 Å². The van der Waals surface area contributed by atoms with Crippen LogP contribution in [0.5, 0.6) is 0 Å². The van der Waals surface area contributed by atoms with Crippen LogP contribution in [0.4, 0.5) is 5.82 Å². The van der Waals surface area contributed by atoms with Gasteiger partial charge in [0.15, 0.2) is 5.82 Å².